The van der Waals surface area contributed by atoms with E-state index in [1.54, 1.807) is 0 Å². The van der Waals surface area contributed by atoms with E-state index in [2.05, 4.69) is 17.6 Å². The molecule has 0 amide bonds. The number of rotatable bonds is 0. The number of hydrogen-bond acceptors (Lipinski definition) is 2. The van der Waals surface area contributed by atoms with Crippen LogP contribution < -0.4 is 5.48 Å². The molecule has 1 heterocycles. The molecule has 0 unspecified atom stereocenters. The highest BCUT2D eigenvalue weighted by molar-refractivity contribution is 5.35. The maximum absolute atomic E-state index is 5.08. The summed E-state index contributed by atoms with van der Waals surface area (Å²) in [7, 11) is 0. The maximum Gasteiger partial charge on any atom is 0.0933 e. The second-order valence-corrected chi connectivity index (χ2v) is 2.65. The summed E-state index contributed by atoms with van der Waals surface area (Å²) >= 11 is 0. The molecule has 2 aliphatic rings. The molecule has 2 rings (SSSR count). The van der Waals surface area contributed by atoms with Gasteiger partial charge in [-0.15, -0.1) is 0 Å². The Morgan fingerprint density at radius 2 is 2.00 bits per heavy atom. The minimum atomic E-state index is 0.742. The van der Waals surface area contributed by atoms with Gasteiger partial charge in [-0.3, -0.25) is 4.84 Å². The number of allylic oxidation sites excluding steroid dienone is 2. The molecule has 0 aromatic rings. The van der Waals surface area contributed by atoms with Crippen LogP contribution in [0.25, 0.3) is 0 Å². The van der Waals surface area contributed by atoms with Crippen molar-refractivity contribution in [3.63, 3.8) is 0 Å². The molecular weight excluding hydrogens is 126 g/mol. The van der Waals surface area contributed by atoms with Crippen LogP contribution in [0.1, 0.15) is 12.8 Å². The first kappa shape index (κ1) is 6.13. The monoisotopic (exact) mass is 137 g/mol. The zero-order valence-electron chi connectivity index (χ0n) is 5.89. The van der Waals surface area contributed by atoms with Crippen LogP contribution in [0.4, 0.5) is 0 Å². The zero-order valence-corrected chi connectivity index (χ0v) is 5.89. The number of nitrogens with one attached hydrogen (secondary N) is 1. The van der Waals surface area contributed by atoms with Gasteiger partial charge in [0.05, 0.1) is 6.61 Å². The number of hydroxylamine groups is 1. The van der Waals surface area contributed by atoms with E-state index < -0.39 is 0 Å². The van der Waals surface area contributed by atoms with E-state index >= 15 is 0 Å². The van der Waals surface area contributed by atoms with Crippen LogP contribution in [0.5, 0.6) is 0 Å². The maximum atomic E-state index is 5.08. The van der Waals surface area contributed by atoms with Crippen molar-refractivity contribution in [2.45, 2.75) is 12.8 Å². The summed E-state index contributed by atoms with van der Waals surface area (Å²) < 4.78 is 0. The van der Waals surface area contributed by atoms with Crippen molar-refractivity contribution in [1.82, 2.24) is 5.48 Å². The molecule has 0 atom stereocenters. The van der Waals surface area contributed by atoms with Crippen LogP contribution in [0, 0.1) is 0 Å². The van der Waals surface area contributed by atoms with Crippen LogP contribution in [-0.4, -0.2) is 13.2 Å². The summed E-state index contributed by atoms with van der Waals surface area (Å²) in [5.74, 6) is 0. The van der Waals surface area contributed by atoms with E-state index in [0.29, 0.717) is 0 Å². The molecular formula is C8H11NO. The van der Waals surface area contributed by atoms with Crippen molar-refractivity contribution in [3.8, 4) is 0 Å². The SMILES string of the molecule is C1=C2CNOCC2=CCC1. The first-order valence-electron chi connectivity index (χ1n) is 3.70. The number of fused-ring (bicyclic) bond motifs is 1. The summed E-state index contributed by atoms with van der Waals surface area (Å²) in [6.45, 7) is 1.62. The molecule has 0 aromatic carbocycles. The summed E-state index contributed by atoms with van der Waals surface area (Å²) in [5.41, 5.74) is 5.68. The molecule has 2 nitrogen and oxygen atoms in total. The molecule has 1 saturated heterocycles. The average Bonchev–Trinajstić information content (AvgIpc) is 2.05. The Hall–Kier alpha value is -0.600. The molecule has 0 aromatic heterocycles. The van der Waals surface area contributed by atoms with Crippen molar-refractivity contribution in [2.75, 3.05) is 13.2 Å². The van der Waals surface area contributed by atoms with Gasteiger partial charge in [0.15, 0.2) is 0 Å². The van der Waals surface area contributed by atoms with Crippen LogP contribution in [0.15, 0.2) is 23.3 Å². The van der Waals surface area contributed by atoms with E-state index in [9.17, 15) is 0 Å². The molecule has 1 N–H and O–H groups in total. The third-order valence-electron chi connectivity index (χ3n) is 1.95. The van der Waals surface area contributed by atoms with Gasteiger partial charge in [-0.05, 0) is 24.0 Å². The van der Waals surface area contributed by atoms with E-state index in [-0.39, 0.29) is 0 Å². The lowest BCUT2D eigenvalue weighted by Crippen LogP contribution is -2.27. The Balaban J connectivity index is 2.19. The molecule has 1 aliphatic carbocycles. The largest absolute Gasteiger partial charge is 0.297 e. The second-order valence-electron chi connectivity index (χ2n) is 2.65. The predicted octanol–water partition coefficient (Wildman–Crippen LogP) is 1.17. The molecule has 0 saturated carbocycles. The van der Waals surface area contributed by atoms with Gasteiger partial charge in [0.2, 0.25) is 0 Å². The topological polar surface area (TPSA) is 21.3 Å². The third kappa shape index (κ3) is 1.00. The molecule has 10 heavy (non-hydrogen) atoms. The van der Waals surface area contributed by atoms with Gasteiger partial charge >= 0.3 is 0 Å². The summed E-state index contributed by atoms with van der Waals surface area (Å²) in [4.78, 5) is 5.08. The standard InChI is InChI=1S/C8H11NO/c1-2-4-8-6-10-9-5-7(8)3-1/h3-4,9H,1-2,5-6H2. The molecule has 0 radical (unpaired) electrons. The van der Waals surface area contributed by atoms with Gasteiger partial charge in [0, 0.05) is 6.54 Å². The normalized spacial score (nSPS) is 24.8. The fraction of sp³-hybridized carbons (Fsp3) is 0.500. The highest BCUT2D eigenvalue weighted by atomic mass is 16.6. The Bertz CT molecular complexity index is 171. The van der Waals surface area contributed by atoms with Gasteiger partial charge < -0.3 is 0 Å². The molecule has 0 bridgehead atoms. The van der Waals surface area contributed by atoms with Gasteiger partial charge in [0.1, 0.15) is 0 Å². The van der Waals surface area contributed by atoms with Gasteiger partial charge in [-0.1, -0.05) is 12.2 Å². The van der Waals surface area contributed by atoms with E-state index in [1.165, 1.54) is 24.0 Å². The van der Waals surface area contributed by atoms with Crippen molar-refractivity contribution >= 4 is 0 Å². The Kier molecular flexibility index (Phi) is 1.57. The quantitative estimate of drug-likeness (QED) is 0.541. The third-order valence-corrected chi connectivity index (χ3v) is 1.95. The van der Waals surface area contributed by atoms with Crippen LogP contribution in [0.2, 0.25) is 0 Å². The fourth-order valence-corrected chi connectivity index (χ4v) is 1.37. The van der Waals surface area contributed by atoms with Crippen molar-refractivity contribution in [3.05, 3.63) is 23.3 Å². The first-order valence-corrected chi connectivity index (χ1v) is 3.70. The van der Waals surface area contributed by atoms with E-state index in [4.69, 9.17) is 4.84 Å². The van der Waals surface area contributed by atoms with Crippen LogP contribution >= 0.6 is 0 Å². The zero-order chi connectivity index (χ0) is 6.81. The number of hydrogen-bond donors (Lipinski definition) is 1. The summed E-state index contributed by atoms with van der Waals surface area (Å²) in [6.07, 6.45) is 6.95. The smallest absolute Gasteiger partial charge is 0.0933 e. The Morgan fingerprint density at radius 3 is 2.80 bits per heavy atom. The first-order chi connectivity index (χ1) is 4.97. The summed E-state index contributed by atoms with van der Waals surface area (Å²) in [5, 5.41) is 0. The molecule has 0 spiro atoms. The molecule has 54 valence electrons. The fourth-order valence-electron chi connectivity index (χ4n) is 1.37. The molecule has 1 fully saturated rings. The van der Waals surface area contributed by atoms with Crippen LogP contribution in [-0.2, 0) is 4.84 Å². The highest BCUT2D eigenvalue weighted by Gasteiger charge is 2.12. The molecule has 2 heteroatoms. The van der Waals surface area contributed by atoms with Gasteiger partial charge in [-0.25, -0.2) is 0 Å². The minimum absolute atomic E-state index is 0.742. The highest BCUT2D eigenvalue weighted by Crippen LogP contribution is 2.20. The lowest BCUT2D eigenvalue weighted by molar-refractivity contribution is 0.0517. The average molecular weight is 137 g/mol. The van der Waals surface area contributed by atoms with Crippen molar-refractivity contribution in [2.24, 2.45) is 0 Å². The van der Waals surface area contributed by atoms with Crippen molar-refractivity contribution in [1.29, 1.82) is 0 Å². The second kappa shape index (κ2) is 2.56. The van der Waals surface area contributed by atoms with E-state index in [0.717, 1.165) is 13.2 Å². The summed E-state index contributed by atoms with van der Waals surface area (Å²) in [6, 6.07) is 0. The minimum Gasteiger partial charge on any atom is -0.297 e. The van der Waals surface area contributed by atoms with Gasteiger partial charge in [0.25, 0.3) is 0 Å². The van der Waals surface area contributed by atoms with Gasteiger partial charge in [-0.2, -0.15) is 5.48 Å². The van der Waals surface area contributed by atoms with E-state index in [1.807, 2.05) is 0 Å². The predicted molar refractivity (Wildman–Crippen MR) is 39.4 cm³/mol. The lowest BCUT2D eigenvalue weighted by Gasteiger charge is -2.21. The van der Waals surface area contributed by atoms with Crippen molar-refractivity contribution < 1.29 is 4.84 Å². The Morgan fingerprint density at radius 1 is 1.20 bits per heavy atom. The van der Waals surface area contributed by atoms with Crippen LogP contribution in [0.3, 0.4) is 0 Å². The molecule has 1 aliphatic heterocycles. The lowest BCUT2D eigenvalue weighted by atomic mass is 9.98. The Labute approximate surface area is 60.5 Å².